The van der Waals surface area contributed by atoms with Crippen LogP contribution in [-0.2, 0) is 10.9 Å². The van der Waals surface area contributed by atoms with E-state index in [4.69, 9.17) is 14.5 Å². The van der Waals surface area contributed by atoms with E-state index in [0.717, 1.165) is 36.9 Å². The highest BCUT2D eigenvalue weighted by atomic mass is 19.4. The Morgan fingerprint density at radius 2 is 1.83 bits per heavy atom. The summed E-state index contributed by atoms with van der Waals surface area (Å²) in [4.78, 5) is 17.1. The summed E-state index contributed by atoms with van der Waals surface area (Å²) >= 11 is 0. The molecule has 0 unspecified atom stereocenters. The van der Waals surface area contributed by atoms with E-state index >= 15 is 0 Å². The first-order chi connectivity index (χ1) is 16.4. The first kappa shape index (κ1) is 24.9. The second-order valence-electron chi connectivity index (χ2n) is 10.1. The maximum Gasteiger partial charge on any atom is 0.416 e. The van der Waals surface area contributed by atoms with E-state index in [1.807, 2.05) is 0 Å². The van der Waals surface area contributed by atoms with Gasteiger partial charge in [-0.25, -0.2) is 9.78 Å². The molecule has 1 heterocycles. The third-order valence-corrected chi connectivity index (χ3v) is 6.61. The van der Waals surface area contributed by atoms with Gasteiger partial charge in [0.2, 0.25) is 5.95 Å². The SMILES string of the molecule is COC(=O)c1cc2nc(Nc3ccc(C(F)(F)F)cc3)n([C@H]3C[C@@H](C)CC(C)(C)C3)c2cc1OC. The Kier molecular flexibility index (Phi) is 6.46. The highest BCUT2D eigenvalue weighted by molar-refractivity contribution is 5.97. The average Bonchev–Trinajstić information content (AvgIpc) is 3.12. The van der Waals surface area contributed by atoms with Crippen molar-refractivity contribution in [2.24, 2.45) is 11.3 Å². The lowest BCUT2D eigenvalue weighted by molar-refractivity contribution is -0.137. The van der Waals surface area contributed by atoms with Gasteiger partial charge < -0.3 is 19.4 Å². The van der Waals surface area contributed by atoms with Gasteiger partial charge in [0.05, 0.1) is 30.8 Å². The first-order valence-corrected chi connectivity index (χ1v) is 11.5. The van der Waals surface area contributed by atoms with Gasteiger partial charge in [0.25, 0.3) is 0 Å². The molecule has 2 aromatic carbocycles. The number of esters is 1. The van der Waals surface area contributed by atoms with Crippen molar-refractivity contribution >= 4 is 28.6 Å². The third kappa shape index (κ3) is 5.09. The molecular weight excluding hydrogens is 459 g/mol. The minimum Gasteiger partial charge on any atom is -0.496 e. The van der Waals surface area contributed by atoms with Gasteiger partial charge in [-0.3, -0.25) is 0 Å². The van der Waals surface area contributed by atoms with Crippen LogP contribution in [0.2, 0.25) is 0 Å². The molecule has 35 heavy (non-hydrogen) atoms. The molecule has 2 atom stereocenters. The first-order valence-electron chi connectivity index (χ1n) is 11.5. The topological polar surface area (TPSA) is 65.4 Å². The highest BCUT2D eigenvalue weighted by Gasteiger charge is 2.35. The number of ether oxygens (including phenoxy) is 2. The molecule has 0 amide bonds. The van der Waals surface area contributed by atoms with Crippen molar-refractivity contribution in [1.29, 1.82) is 0 Å². The number of aromatic nitrogens is 2. The highest BCUT2D eigenvalue weighted by Crippen LogP contribution is 2.46. The van der Waals surface area contributed by atoms with Gasteiger partial charge >= 0.3 is 12.1 Å². The van der Waals surface area contributed by atoms with Crippen molar-refractivity contribution in [2.45, 2.75) is 52.3 Å². The Hall–Kier alpha value is -3.23. The fourth-order valence-electron chi connectivity index (χ4n) is 5.38. The average molecular weight is 490 g/mol. The van der Waals surface area contributed by atoms with Crippen LogP contribution in [0.15, 0.2) is 36.4 Å². The fourth-order valence-corrected chi connectivity index (χ4v) is 5.38. The molecule has 6 nitrogen and oxygen atoms in total. The molecule has 0 spiro atoms. The zero-order valence-corrected chi connectivity index (χ0v) is 20.5. The Morgan fingerprint density at radius 3 is 2.40 bits per heavy atom. The van der Waals surface area contributed by atoms with E-state index < -0.39 is 17.7 Å². The lowest BCUT2D eigenvalue weighted by Gasteiger charge is -2.40. The Labute approximate surface area is 202 Å². The number of halogens is 3. The van der Waals surface area contributed by atoms with Gasteiger partial charge in [0.15, 0.2) is 0 Å². The minimum atomic E-state index is -4.41. The number of alkyl halides is 3. The second-order valence-corrected chi connectivity index (χ2v) is 10.1. The van der Waals surface area contributed by atoms with Crippen LogP contribution in [0.25, 0.3) is 11.0 Å². The largest absolute Gasteiger partial charge is 0.496 e. The number of methoxy groups -OCH3 is 2. The number of fused-ring (bicyclic) bond motifs is 1. The van der Waals surface area contributed by atoms with Crippen molar-refractivity contribution < 1.29 is 27.4 Å². The fraction of sp³-hybridized carbons (Fsp3) is 0.462. The molecule has 3 aromatic rings. The molecule has 1 aliphatic carbocycles. The molecule has 1 aliphatic rings. The van der Waals surface area contributed by atoms with Crippen LogP contribution >= 0.6 is 0 Å². The summed E-state index contributed by atoms with van der Waals surface area (Å²) in [7, 11) is 2.79. The van der Waals surface area contributed by atoms with Gasteiger partial charge in [0, 0.05) is 17.8 Å². The van der Waals surface area contributed by atoms with Gasteiger partial charge in [-0.2, -0.15) is 13.2 Å². The number of nitrogens with one attached hydrogen (secondary N) is 1. The lowest BCUT2D eigenvalue weighted by atomic mass is 9.70. The van der Waals surface area contributed by atoms with E-state index in [9.17, 15) is 18.0 Å². The third-order valence-electron chi connectivity index (χ3n) is 6.61. The van der Waals surface area contributed by atoms with Crippen LogP contribution in [-0.4, -0.2) is 29.7 Å². The van der Waals surface area contributed by atoms with E-state index in [1.165, 1.54) is 26.4 Å². The smallest absolute Gasteiger partial charge is 0.416 e. The molecule has 0 aliphatic heterocycles. The summed E-state index contributed by atoms with van der Waals surface area (Å²) in [5.41, 5.74) is 1.48. The van der Waals surface area contributed by atoms with Crippen molar-refractivity contribution in [3.63, 3.8) is 0 Å². The predicted octanol–water partition coefficient (Wildman–Crippen LogP) is 6.98. The van der Waals surface area contributed by atoms with Gasteiger partial charge in [-0.15, -0.1) is 0 Å². The van der Waals surface area contributed by atoms with Gasteiger partial charge in [-0.1, -0.05) is 20.8 Å². The standard InChI is InChI=1S/C26H30F3N3O3/c1-15-10-18(14-25(2,3)13-15)32-21-12-22(34-4)19(23(33)35-5)11-20(21)31-24(32)30-17-8-6-16(7-9-17)26(27,28)29/h6-9,11-12,15,18H,10,13-14H2,1-5H3,(H,30,31)/t15-,18+/m1/s1. The van der Waals surface area contributed by atoms with Crippen LogP contribution < -0.4 is 10.1 Å². The van der Waals surface area contributed by atoms with Crippen molar-refractivity contribution in [2.75, 3.05) is 19.5 Å². The van der Waals surface area contributed by atoms with Crippen molar-refractivity contribution in [3.05, 3.63) is 47.5 Å². The Balaban J connectivity index is 1.84. The quantitative estimate of drug-likeness (QED) is 0.392. The molecule has 1 N–H and O–H groups in total. The molecule has 0 radical (unpaired) electrons. The number of carbonyl (C=O) groups is 1. The van der Waals surface area contributed by atoms with Crippen LogP contribution in [0, 0.1) is 11.3 Å². The number of hydrogen-bond acceptors (Lipinski definition) is 5. The summed E-state index contributed by atoms with van der Waals surface area (Å²) in [6, 6.07) is 8.37. The number of carbonyl (C=O) groups excluding carboxylic acids is 1. The van der Waals surface area contributed by atoms with Gasteiger partial charge in [0.1, 0.15) is 11.3 Å². The van der Waals surface area contributed by atoms with Crippen molar-refractivity contribution in [1.82, 2.24) is 9.55 Å². The summed E-state index contributed by atoms with van der Waals surface area (Å²) < 4.78 is 51.5. The van der Waals surface area contributed by atoms with Crippen LogP contribution in [0.5, 0.6) is 5.75 Å². The Bertz CT molecular complexity index is 1230. The zero-order chi connectivity index (χ0) is 25.5. The van der Waals surface area contributed by atoms with Gasteiger partial charge in [-0.05, 0) is 60.9 Å². The molecule has 1 aromatic heterocycles. The number of imidazole rings is 1. The summed E-state index contributed by atoms with van der Waals surface area (Å²) in [6.45, 7) is 6.72. The summed E-state index contributed by atoms with van der Waals surface area (Å²) in [6.07, 6.45) is -1.47. The van der Waals surface area contributed by atoms with Crippen LogP contribution in [0.3, 0.4) is 0 Å². The molecular formula is C26H30F3N3O3. The number of anilines is 2. The van der Waals surface area contributed by atoms with E-state index in [0.29, 0.717) is 28.8 Å². The number of rotatable bonds is 5. The minimum absolute atomic E-state index is 0.101. The number of nitrogens with zero attached hydrogens (tertiary/aromatic N) is 2. The molecule has 0 saturated heterocycles. The maximum absolute atomic E-state index is 13.0. The summed E-state index contributed by atoms with van der Waals surface area (Å²) in [5.74, 6) is 0.813. The predicted molar refractivity (Wildman–Crippen MR) is 128 cm³/mol. The Morgan fingerprint density at radius 1 is 1.14 bits per heavy atom. The monoisotopic (exact) mass is 489 g/mol. The normalized spacial score (nSPS) is 20.0. The molecule has 1 fully saturated rings. The number of benzene rings is 2. The lowest BCUT2D eigenvalue weighted by Crippen LogP contribution is -2.29. The molecule has 4 rings (SSSR count). The number of hydrogen-bond donors (Lipinski definition) is 1. The van der Waals surface area contributed by atoms with E-state index in [2.05, 4.69) is 30.7 Å². The van der Waals surface area contributed by atoms with E-state index in [1.54, 1.807) is 12.1 Å². The second kappa shape index (κ2) is 9.09. The van der Waals surface area contributed by atoms with E-state index in [-0.39, 0.29) is 17.0 Å². The van der Waals surface area contributed by atoms with Crippen molar-refractivity contribution in [3.8, 4) is 5.75 Å². The molecule has 9 heteroatoms. The zero-order valence-electron chi connectivity index (χ0n) is 20.5. The summed E-state index contributed by atoms with van der Waals surface area (Å²) in [5, 5.41) is 3.21. The molecule has 188 valence electrons. The molecule has 0 bridgehead atoms. The van der Waals surface area contributed by atoms with Crippen LogP contribution in [0.4, 0.5) is 24.8 Å². The van der Waals surface area contributed by atoms with Crippen LogP contribution in [0.1, 0.15) is 62.0 Å². The maximum atomic E-state index is 13.0. The molecule has 1 saturated carbocycles.